The van der Waals surface area contributed by atoms with E-state index >= 15 is 0 Å². The predicted molar refractivity (Wildman–Crippen MR) is 48.9 cm³/mol. The lowest BCUT2D eigenvalue weighted by Crippen LogP contribution is -2.00. The van der Waals surface area contributed by atoms with Gasteiger partial charge in [0.1, 0.15) is 0 Å². The number of hydrogen-bond donors (Lipinski definition) is 1. The molecular weight excluding hydrogens is 180 g/mol. The quantitative estimate of drug-likeness (QED) is 0.721. The number of aromatic nitrogens is 1. The van der Waals surface area contributed by atoms with E-state index < -0.39 is 0 Å². The fraction of sp³-hybridized carbons (Fsp3) is 0.286. The van der Waals surface area contributed by atoms with Crippen molar-refractivity contribution in [3.05, 3.63) is 23.0 Å². The van der Waals surface area contributed by atoms with Crippen molar-refractivity contribution >= 4 is 23.4 Å². The highest BCUT2D eigenvalue weighted by molar-refractivity contribution is 7.98. The molecule has 2 nitrogen and oxygen atoms in total. The molecule has 0 saturated heterocycles. The van der Waals surface area contributed by atoms with E-state index in [1.165, 1.54) is 0 Å². The first-order valence-electron chi connectivity index (χ1n) is 3.16. The van der Waals surface area contributed by atoms with E-state index in [4.69, 9.17) is 17.3 Å². The number of halogens is 1. The third-order valence-electron chi connectivity index (χ3n) is 1.31. The molecule has 4 heteroatoms. The van der Waals surface area contributed by atoms with E-state index in [1.807, 2.05) is 12.3 Å². The number of rotatable bonds is 2. The van der Waals surface area contributed by atoms with Crippen molar-refractivity contribution in [1.29, 1.82) is 0 Å². The van der Waals surface area contributed by atoms with Gasteiger partial charge in [-0.2, -0.15) is 0 Å². The van der Waals surface area contributed by atoms with E-state index in [2.05, 4.69) is 4.98 Å². The maximum atomic E-state index is 5.74. The number of nitrogens with zero attached hydrogens (tertiary/aromatic N) is 1. The Morgan fingerprint density at radius 3 is 3.00 bits per heavy atom. The Hall–Kier alpha value is -0.250. The fourth-order valence-corrected chi connectivity index (χ4v) is 1.62. The zero-order valence-electron chi connectivity index (χ0n) is 6.17. The van der Waals surface area contributed by atoms with E-state index in [0.29, 0.717) is 11.6 Å². The van der Waals surface area contributed by atoms with Crippen LogP contribution in [0.15, 0.2) is 17.2 Å². The highest BCUT2D eigenvalue weighted by Gasteiger charge is 2.00. The standard InChI is InChI=1S/C7H9ClN2S/c1-11-7-2-5(8)4-10-6(7)3-9/h2,4H,3,9H2,1H3. The summed E-state index contributed by atoms with van der Waals surface area (Å²) >= 11 is 7.34. The van der Waals surface area contributed by atoms with Gasteiger partial charge in [0.25, 0.3) is 0 Å². The van der Waals surface area contributed by atoms with Gasteiger partial charge < -0.3 is 5.73 Å². The molecule has 2 N–H and O–H groups in total. The fourth-order valence-electron chi connectivity index (χ4n) is 0.779. The molecule has 0 aliphatic heterocycles. The average molecular weight is 189 g/mol. The molecule has 1 aromatic rings. The predicted octanol–water partition coefficient (Wildman–Crippen LogP) is 1.92. The van der Waals surface area contributed by atoms with E-state index in [1.54, 1.807) is 18.0 Å². The zero-order valence-corrected chi connectivity index (χ0v) is 7.75. The molecule has 0 bridgehead atoms. The van der Waals surface area contributed by atoms with Gasteiger partial charge in [0.2, 0.25) is 0 Å². The number of hydrogen-bond acceptors (Lipinski definition) is 3. The number of pyridine rings is 1. The van der Waals surface area contributed by atoms with Crippen LogP contribution < -0.4 is 5.73 Å². The monoisotopic (exact) mass is 188 g/mol. The Morgan fingerprint density at radius 1 is 1.73 bits per heavy atom. The summed E-state index contributed by atoms with van der Waals surface area (Å²) in [5, 5.41) is 0.659. The van der Waals surface area contributed by atoms with Crippen LogP contribution in [0.25, 0.3) is 0 Å². The van der Waals surface area contributed by atoms with Gasteiger partial charge in [-0.15, -0.1) is 11.8 Å². The summed E-state index contributed by atoms with van der Waals surface area (Å²) in [7, 11) is 0. The van der Waals surface area contributed by atoms with Gasteiger partial charge in [0.15, 0.2) is 0 Å². The number of thioether (sulfide) groups is 1. The first-order chi connectivity index (χ1) is 5.27. The molecule has 0 radical (unpaired) electrons. The molecule has 1 rings (SSSR count). The molecule has 1 heterocycles. The Morgan fingerprint density at radius 2 is 2.45 bits per heavy atom. The molecule has 0 amide bonds. The molecule has 0 fully saturated rings. The molecular formula is C7H9ClN2S. The van der Waals surface area contributed by atoms with Crippen molar-refractivity contribution in [2.45, 2.75) is 11.4 Å². The van der Waals surface area contributed by atoms with Crippen molar-refractivity contribution < 1.29 is 0 Å². The third kappa shape index (κ3) is 2.09. The summed E-state index contributed by atoms with van der Waals surface area (Å²) in [6.07, 6.45) is 3.59. The van der Waals surface area contributed by atoms with Crippen molar-refractivity contribution in [2.75, 3.05) is 6.26 Å². The molecule has 0 aromatic carbocycles. The largest absolute Gasteiger partial charge is 0.325 e. The minimum atomic E-state index is 0.466. The third-order valence-corrected chi connectivity index (χ3v) is 2.31. The molecule has 1 aromatic heterocycles. The molecule has 60 valence electrons. The molecule has 0 atom stereocenters. The van der Waals surface area contributed by atoms with Gasteiger partial charge in [-0.1, -0.05) is 11.6 Å². The van der Waals surface area contributed by atoms with Gasteiger partial charge in [-0.05, 0) is 12.3 Å². The van der Waals surface area contributed by atoms with Crippen LogP contribution in [0.3, 0.4) is 0 Å². The van der Waals surface area contributed by atoms with Crippen LogP contribution in [-0.4, -0.2) is 11.2 Å². The van der Waals surface area contributed by atoms with Gasteiger partial charge in [0.05, 0.1) is 10.7 Å². The minimum absolute atomic E-state index is 0.466. The topological polar surface area (TPSA) is 38.9 Å². The van der Waals surface area contributed by atoms with Crippen LogP contribution in [0.5, 0.6) is 0 Å². The Balaban J connectivity index is 3.06. The van der Waals surface area contributed by atoms with Gasteiger partial charge in [0, 0.05) is 17.6 Å². The highest BCUT2D eigenvalue weighted by Crippen LogP contribution is 2.21. The smallest absolute Gasteiger partial charge is 0.0675 e. The van der Waals surface area contributed by atoms with Gasteiger partial charge in [-0.3, -0.25) is 4.98 Å². The molecule has 0 spiro atoms. The lowest BCUT2D eigenvalue weighted by atomic mass is 10.3. The van der Waals surface area contributed by atoms with E-state index in [-0.39, 0.29) is 0 Å². The van der Waals surface area contributed by atoms with Gasteiger partial charge >= 0.3 is 0 Å². The summed E-state index contributed by atoms with van der Waals surface area (Å²) < 4.78 is 0. The minimum Gasteiger partial charge on any atom is -0.325 e. The van der Waals surface area contributed by atoms with E-state index in [0.717, 1.165) is 10.6 Å². The van der Waals surface area contributed by atoms with Crippen LogP contribution in [0, 0.1) is 0 Å². The van der Waals surface area contributed by atoms with Crippen LogP contribution in [0.4, 0.5) is 0 Å². The summed E-state index contributed by atoms with van der Waals surface area (Å²) in [6, 6.07) is 1.88. The second kappa shape index (κ2) is 3.95. The summed E-state index contributed by atoms with van der Waals surface area (Å²) in [5.74, 6) is 0. The summed E-state index contributed by atoms with van der Waals surface area (Å²) in [6.45, 7) is 0.466. The molecule has 0 unspecified atom stereocenters. The Labute approximate surface area is 75.1 Å². The van der Waals surface area contributed by atoms with Crippen molar-refractivity contribution in [3.63, 3.8) is 0 Å². The molecule has 11 heavy (non-hydrogen) atoms. The maximum absolute atomic E-state index is 5.74. The first-order valence-corrected chi connectivity index (χ1v) is 4.76. The lowest BCUT2D eigenvalue weighted by molar-refractivity contribution is 0.945. The second-order valence-electron chi connectivity index (χ2n) is 2.01. The van der Waals surface area contributed by atoms with Crippen LogP contribution >= 0.6 is 23.4 Å². The van der Waals surface area contributed by atoms with Crippen LogP contribution in [-0.2, 0) is 6.54 Å². The van der Waals surface area contributed by atoms with Crippen LogP contribution in [0.1, 0.15) is 5.69 Å². The summed E-state index contributed by atoms with van der Waals surface area (Å²) in [5.41, 5.74) is 6.36. The molecule has 0 aliphatic rings. The number of nitrogens with two attached hydrogens (primary N) is 1. The van der Waals surface area contributed by atoms with Crippen LogP contribution in [0.2, 0.25) is 5.02 Å². The second-order valence-corrected chi connectivity index (χ2v) is 3.29. The van der Waals surface area contributed by atoms with Crippen molar-refractivity contribution in [2.24, 2.45) is 5.73 Å². The van der Waals surface area contributed by atoms with Crippen molar-refractivity contribution in [3.8, 4) is 0 Å². The molecule has 0 aliphatic carbocycles. The zero-order chi connectivity index (χ0) is 8.27. The van der Waals surface area contributed by atoms with Crippen molar-refractivity contribution in [1.82, 2.24) is 4.98 Å². The maximum Gasteiger partial charge on any atom is 0.0675 e. The van der Waals surface area contributed by atoms with Gasteiger partial charge in [-0.25, -0.2) is 0 Å². The molecule has 0 saturated carbocycles. The normalized spacial score (nSPS) is 10.1. The SMILES string of the molecule is CSc1cc(Cl)cnc1CN. The summed E-state index contributed by atoms with van der Waals surface area (Å²) in [4.78, 5) is 5.15. The highest BCUT2D eigenvalue weighted by atomic mass is 35.5. The first kappa shape index (κ1) is 8.84. The van der Waals surface area contributed by atoms with E-state index in [9.17, 15) is 0 Å². The average Bonchev–Trinajstić information content (AvgIpc) is 2.04. The Kier molecular flexibility index (Phi) is 3.17. The lowest BCUT2D eigenvalue weighted by Gasteiger charge is -2.02. The Bertz CT molecular complexity index is 252.